The molecule has 0 saturated carbocycles. The van der Waals surface area contributed by atoms with E-state index in [1.807, 2.05) is 31.2 Å². The molecule has 1 atom stereocenters. The van der Waals surface area contributed by atoms with Crippen LogP contribution in [0.1, 0.15) is 37.9 Å². The van der Waals surface area contributed by atoms with E-state index in [9.17, 15) is 5.11 Å². The first kappa shape index (κ1) is 12.4. The van der Waals surface area contributed by atoms with E-state index in [1.165, 1.54) is 0 Å². The molecule has 1 aromatic rings. The highest BCUT2D eigenvalue weighted by atomic mass is 16.5. The number of benzene rings is 1. The highest BCUT2D eigenvalue weighted by molar-refractivity contribution is 5.35. The summed E-state index contributed by atoms with van der Waals surface area (Å²) in [4.78, 5) is 0. The van der Waals surface area contributed by atoms with Crippen molar-refractivity contribution in [2.24, 2.45) is 0 Å². The van der Waals surface area contributed by atoms with Crippen LogP contribution >= 0.6 is 0 Å². The summed E-state index contributed by atoms with van der Waals surface area (Å²) in [5.41, 5.74) is 0.890. The number of aliphatic hydroxyl groups is 1. The second kappa shape index (κ2) is 6.03. The second-order valence-corrected chi connectivity index (χ2v) is 4.39. The lowest BCUT2D eigenvalue weighted by molar-refractivity contribution is 0.0240. The summed E-state index contributed by atoms with van der Waals surface area (Å²) in [6, 6.07) is 7.75. The van der Waals surface area contributed by atoms with Gasteiger partial charge < -0.3 is 14.6 Å². The molecule has 0 spiro atoms. The van der Waals surface area contributed by atoms with Crippen LogP contribution in [0.2, 0.25) is 0 Å². The molecule has 1 aliphatic heterocycles. The third-order valence-corrected chi connectivity index (χ3v) is 3.13. The molecule has 0 radical (unpaired) electrons. The van der Waals surface area contributed by atoms with Crippen LogP contribution in [-0.2, 0) is 4.74 Å². The Bertz CT molecular complexity index is 345. The van der Waals surface area contributed by atoms with E-state index in [4.69, 9.17) is 9.47 Å². The topological polar surface area (TPSA) is 38.7 Å². The number of ether oxygens (including phenoxy) is 2. The molecule has 1 aromatic carbocycles. The quantitative estimate of drug-likeness (QED) is 0.873. The molecule has 0 aliphatic carbocycles. The lowest BCUT2D eigenvalue weighted by Gasteiger charge is -2.25. The first-order valence-electron chi connectivity index (χ1n) is 6.32. The van der Waals surface area contributed by atoms with Crippen LogP contribution in [0.4, 0.5) is 0 Å². The monoisotopic (exact) mass is 236 g/mol. The normalized spacial score (nSPS) is 18.9. The predicted molar refractivity (Wildman–Crippen MR) is 66.2 cm³/mol. The van der Waals surface area contributed by atoms with Crippen molar-refractivity contribution in [1.29, 1.82) is 0 Å². The van der Waals surface area contributed by atoms with Crippen LogP contribution in [0.5, 0.6) is 5.75 Å². The third kappa shape index (κ3) is 3.20. The number of rotatable bonds is 4. The molecule has 0 bridgehead atoms. The first-order chi connectivity index (χ1) is 8.31. The van der Waals surface area contributed by atoms with Gasteiger partial charge in [0.1, 0.15) is 11.9 Å². The predicted octanol–water partition coefficient (Wildman–Crippen LogP) is 2.69. The summed E-state index contributed by atoms with van der Waals surface area (Å²) in [5.74, 6) is 0.814. The van der Waals surface area contributed by atoms with Crippen LogP contribution in [0, 0.1) is 0 Å². The molecular formula is C14H20O3. The Labute approximate surface area is 102 Å². The van der Waals surface area contributed by atoms with Crippen LogP contribution in [0.15, 0.2) is 24.3 Å². The van der Waals surface area contributed by atoms with Crippen molar-refractivity contribution in [1.82, 2.24) is 0 Å². The van der Waals surface area contributed by atoms with Gasteiger partial charge in [0.2, 0.25) is 0 Å². The Balaban J connectivity index is 2.08. The number of aliphatic hydroxyl groups excluding tert-OH is 1. The largest absolute Gasteiger partial charge is 0.490 e. The number of hydrogen-bond acceptors (Lipinski definition) is 3. The minimum atomic E-state index is -0.439. The van der Waals surface area contributed by atoms with Crippen molar-refractivity contribution in [3.05, 3.63) is 29.8 Å². The molecule has 3 heteroatoms. The summed E-state index contributed by atoms with van der Waals surface area (Å²) < 4.78 is 11.3. The van der Waals surface area contributed by atoms with E-state index in [-0.39, 0.29) is 6.10 Å². The van der Waals surface area contributed by atoms with Gasteiger partial charge >= 0.3 is 0 Å². The second-order valence-electron chi connectivity index (χ2n) is 4.39. The number of hydrogen-bond donors (Lipinski definition) is 1. The molecule has 17 heavy (non-hydrogen) atoms. The fraction of sp³-hybridized carbons (Fsp3) is 0.571. The Morgan fingerprint density at radius 2 is 2.06 bits per heavy atom. The molecular weight excluding hydrogens is 216 g/mol. The third-order valence-electron chi connectivity index (χ3n) is 3.13. The molecule has 3 nitrogen and oxygen atoms in total. The Hall–Kier alpha value is -1.06. The van der Waals surface area contributed by atoms with Crippen molar-refractivity contribution in [2.75, 3.05) is 13.2 Å². The van der Waals surface area contributed by atoms with E-state index >= 15 is 0 Å². The van der Waals surface area contributed by atoms with Gasteiger partial charge in [-0.2, -0.15) is 0 Å². The zero-order chi connectivity index (χ0) is 12.1. The highest BCUT2D eigenvalue weighted by Gasteiger charge is 2.18. The van der Waals surface area contributed by atoms with E-state index in [2.05, 4.69) is 0 Å². The minimum absolute atomic E-state index is 0.217. The fourth-order valence-corrected chi connectivity index (χ4v) is 2.06. The first-order valence-corrected chi connectivity index (χ1v) is 6.32. The average Bonchev–Trinajstić information content (AvgIpc) is 2.40. The highest BCUT2D eigenvalue weighted by Crippen LogP contribution is 2.29. The van der Waals surface area contributed by atoms with Crippen molar-refractivity contribution < 1.29 is 14.6 Å². The summed E-state index contributed by atoms with van der Waals surface area (Å²) in [7, 11) is 0. The van der Waals surface area contributed by atoms with Gasteiger partial charge in [-0.05, 0) is 12.5 Å². The summed E-state index contributed by atoms with van der Waals surface area (Å²) >= 11 is 0. The van der Waals surface area contributed by atoms with Gasteiger partial charge in [0.25, 0.3) is 0 Å². The molecule has 1 saturated heterocycles. The lowest BCUT2D eigenvalue weighted by atomic mass is 10.1. The van der Waals surface area contributed by atoms with Crippen molar-refractivity contribution in [3.8, 4) is 5.75 Å². The molecule has 2 rings (SSSR count). The van der Waals surface area contributed by atoms with Gasteiger partial charge in [-0.1, -0.05) is 25.1 Å². The molecule has 0 unspecified atom stereocenters. The molecule has 1 heterocycles. The summed E-state index contributed by atoms with van der Waals surface area (Å²) in [6.07, 6.45) is 2.33. The Morgan fingerprint density at radius 3 is 2.76 bits per heavy atom. The van der Waals surface area contributed by atoms with Crippen molar-refractivity contribution in [2.45, 2.75) is 38.4 Å². The number of para-hydroxylation sites is 1. The van der Waals surface area contributed by atoms with Gasteiger partial charge in [-0.25, -0.2) is 0 Å². The van der Waals surface area contributed by atoms with Gasteiger partial charge in [0, 0.05) is 18.4 Å². The van der Waals surface area contributed by atoms with Crippen LogP contribution < -0.4 is 4.74 Å². The Morgan fingerprint density at radius 1 is 1.35 bits per heavy atom. The Kier molecular flexibility index (Phi) is 4.40. The molecule has 0 amide bonds. The zero-order valence-corrected chi connectivity index (χ0v) is 10.3. The minimum Gasteiger partial charge on any atom is -0.490 e. The lowest BCUT2D eigenvalue weighted by Crippen LogP contribution is -2.26. The molecule has 94 valence electrons. The van der Waals surface area contributed by atoms with Crippen molar-refractivity contribution >= 4 is 0 Å². The molecule has 0 aromatic heterocycles. The molecule has 1 N–H and O–H groups in total. The van der Waals surface area contributed by atoms with Gasteiger partial charge in [0.05, 0.1) is 19.3 Å². The van der Waals surface area contributed by atoms with E-state index in [0.29, 0.717) is 6.42 Å². The maximum Gasteiger partial charge on any atom is 0.125 e. The van der Waals surface area contributed by atoms with Gasteiger partial charge in [-0.15, -0.1) is 0 Å². The molecule has 1 aliphatic rings. The summed E-state index contributed by atoms with van der Waals surface area (Å²) in [6.45, 7) is 3.50. The maximum atomic E-state index is 9.93. The maximum absolute atomic E-state index is 9.93. The fourth-order valence-electron chi connectivity index (χ4n) is 2.06. The molecule has 1 fully saturated rings. The summed E-state index contributed by atoms with van der Waals surface area (Å²) in [5, 5.41) is 9.93. The van der Waals surface area contributed by atoms with E-state index in [1.54, 1.807) is 0 Å². The standard InChI is InChI=1S/C14H20O3/c1-2-13(15)12-5-3-4-6-14(12)17-11-7-9-16-10-8-11/h3-6,11,13,15H,2,7-10H2,1H3/t13-/m1/s1. The van der Waals surface area contributed by atoms with Gasteiger partial charge in [-0.3, -0.25) is 0 Å². The zero-order valence-electron chi connectivity index (χ0n) is 10.3. The van der Waals surface area contributed by atoms with Crippen LogP contribution in [-0.4, -0.2) is 24.4 Å². The van der Waals surface area contributed by atoms with Crippen LogP contribution in [0.25, 0.3) is 0 Å². The average molecular weight is 236 g/mol. The van der Waals surface area contributed by atoms with E-state index in [0.717, 1.165) is 37.4 Å². The van der Waals surface area contributed by atoms with Crippen molar-refractivity contribution in [3.63, 3.8) is 0 Å². The smallest absolute Gasteiger partial charge is 0.125 e. The SMILES string of the molecule is CC[C@@H](O)c1ccccc1OC1CCOCC1. The van der Waals surface area contributed by atoms with Crippen LogP contribution in [0.3, 0.4) is 0 Å². The van der Waals surface area contributed by atoms with Gasteiger partial charge in [0.15, 0.2) is 0 Å². The van der Waals surface area contributed by atoms with E-state index < -0.39 is 6.10 Å².